The summed E-state index contributed by atoms with van der Waals surface area (Å²) in [7, 11) is 0. The second-order valence-corrected chi connectivity index (χ2v) is 9.91. The molecule has 1 N–H and O–H groups in total. The van der Waals surface area contributed by atoms with Crippen molar-refractivity contribution in [2.24, 2.45) is 5.92 Å². The van der Waals surface area contributed by atoms with Crippen molar-refractivity contribution in [1.82, 2.24) is 14.3 Å². The predicted octanol–water partition coefficient (Wildman–Crippen LogP) is 4.74. The molecule has 2 fully saturated rings. The van der Waals surface area contributed by atoms with Gasteiger partial charge in [0.2, 0.25) is 5.91 Å². The van der Waals surface area contributed by atoms with Gasteiger partial charge < -0.3 is 15.1 Å². The van der Waals surface area contributed by atoms with Gasteiger partial charge in [0, 0.05) is 49.0 Å². The molecule has 2 aromatic heterocycles. The van der Waals surface area contributed by atoms with Crippen LogP contribution in [-0.4, -0.2) is 52.3 Å². The minimum Gasteiger partial charge on any atom is -0.370 e. The Kier molecular flexibility index (Phi) is 6.21. The van der Waals surface area contributed by atoms with Gasteiger partial charge in [-0.25, -0.2) is 4.98 Å². The molecule has 2 aliphatic rings. The van der Waals surface area contributed by atoms with Gasteiger partial charge >= 0.3 is 0 Å². The maximum Gasteiger partial charge on any atom is 0.257 e. The van der Waals surface area contributed by atoms with E-state index in [2.05, 4.69) is 19.6 Å². The number of anilines is 2. The fourth-order valence-corrected chi connectivity index (χ4v) is 5.63. The number of hydrogen-bond donors (Lipinski definition) is 1. The van der Waals surface area contributed by atoms with Gasteiger partial charge in [-0.15, -0.1) is 0 Å². The van der Waals surface area contributed by atoms with E-state index in [1.54, 1.807) is 18.3 Å². The maximum atomic E-state index is 13.4. The molecule has 1 aromatic carbocycles. The number of rotatable bonds is 4. The van der Waals surface area contributed by atoms with Gasteiger partial charge in [0.1, 0.15) is 4.83 Å². The lowest BCUT2D eigenvalue weighted by Gasteiger charge is -2.34. The fraction of sp³-hybridized carbons (Fsp3) is 0.417. The molecule has 0 atom stereocenters. The third-order valence-corrected chi connectivity index (χ3v) is 7.66. The minimum absolute atomic E-state index is 0.0265. The summed E-state index contributed by atoms with van der Waals surface area (Å²) in [6.45, 7) is 4.97. The summed E-state index contributed by atoms with van der Waals surface area (Å²) in [5.74, 6) is -0.00242. The second kappa shape index (κ2) is 9.27. The van der Waals surface area contributed by atoms with Crippen LogP contribution in [-0.2, 0) is 4.79 Å². The summed E-state index contributed by atoms with van der Waals surface area (Å²) < 4.78 is 4.50. The first-order chi connectivity index (χ1) is 16.0. The number of hydrogen-bond acceptors (Lipinski definition) is 6. The van der Waals surface area contributed by atoms with Gasteiger partial charge in [0.15, 0.2) is 0 Å². The number of nitrogens with one attached hydrogen (secondary N) is 1. The largest absolute Gasteiger partial charge is 0.370 e. The average molecular weight is 484 g/mol. The highest BCUT2D eigenvalue weighted by Gasteiger charge is 2.31. The number of fused-ring (bicyclic) bond motifs is 1. The van der Waals surface area contributed by atoms with Gasteiger partial charge in [0.25, 0.3) is 5.91 Å². The summed E-state index contributed by atoms with van der Waals surface area (Å²) in [6, 6.07) is 7.16. The van der Waals surface area contributed by atoms with Crippen LogP contribution in [0.5, 0.6) is 0 Å². The number of halogens is 1. The third kappa shape index (κ3) is 4.42. The number of carbonyl (C=O) groups is 2. The normalized spacial score (nSPS) is 17.0. The van der Waals surface area contributed by atoms with Crippen LogP contribution in [0.15, 0.2) is 30.5 Å². The Morgan fingerprint density at radius 3 is 2.48 bits per heavy atom. The molecule has 2 amide bonds. The van der Waals surface area contributed by atoms with Gasteiger partial charge in [-0.1, -0.05) is 11.6 Å². The Hall–Kier alpha value is -2.71. The molecule has 0 aliphatic carbocycles. The summed E-state index contributed by atoms with van der Waals surface area (Å²) in [5.41, 5.74) is 3.23. The van der Waals surface area contributed by atoms with Gasteiger partial charge in [0.05, 0.1) is 22.3 Å². The molecular formula is C24H26ClN5O2S. The van der Waals surface area contributed by atoms with Gasteiger partial charge in [-0.3, -0.25) is 9.59 Å². The Morgan fingerprint density at radius 1 is 1.09 bits per heavy atom. The van der Waals surface area contributed by atoms with Crippen molar-refractivity contribution >= 4 is 56.5 Å². The molecule has 0 radical (unpaired) electrons. The second-order valence-electron chi connectivity index (χ2n) is 8.73. The van der Waals surface area contributed by atoms with Crippen LogP contribution in [0.4, 0.5) is 11.4 Å². The number of pyridine rings is 1. The van der Waals surface area contributed by atoms with Crippen molar-refractivity contribution in [3.8, 4) is 0 Å². The van der Waals surface area contributed by atoms with Crippen LogP contribution in [0.3, 0.4) is 0 Å². The van der Waals surface area contributed by atoms with Crippen molar-refractivity contribution in [3.05, 3.63) is 46.7 Å². The summed E-state index contributed by atoms with van der Waals surface area (Å²) >= 11 is 7.30. The number of piperidine rings is 1. The van der Waals surface area contributed by atoms with E-state index in [1.165, 1.54) is 11.5 Å². The van der Waals surface area contributed by atoms with E-state index in [0.29, 0.717) is 23.7 Å². The first-order valence-corrected chi connectivity index (χ1v) is 12.5. The van der Waals surface area contributed by atoms with Crippen molar-refractivity contribution < 1.29 is 9.59 Å². The zero-order valence-electron chi connectivity index (χ0n) is 18.5. The van der Waals surface area contributed by atoms with E-state index in [9.17, 15) is 9.59 Å². The predicted molar refractivity (Wildman–Crippen MR) is 132 cm³/mol. The van der Waals surface area contributed by atoms with Crippen molar-refractivity contribution in [1.29, 1.82) is 0 Å². The first-order valence-electron chi connectivity index (χ1n) is 11.4. The topological polar surface area (TPSA) is 78.4 Å². The SMILES string of the molecule is Cc1nsc2ncc(C(=O)N3CCCC3)c(N3CCC(C(=O)Nc4ccc(Cl)cc4)CC3)c12. The van der Waals surface area contributed by atoms with Crippen LogP contribution < -0.4 is 10.2 Å². The molecule has 2 saturated heterocycles. The van der Waals surface area contributed by atoms with Crippen LogP contribution in [0, 0.1) is 12.8 Å². The third-order valence-electron chi connectivity index (χ3n) is 6.56. The Morgan fingerprint density at radius 2 is 1.79 bits per heavy atom. The molecule has 33 heavy (non-hydrogen) atoms. The molecule has 0 bridgehead atoms. The number of aromatic nitrogens is 2. The Balaban J connectivity index is 1.37. The molecule has 4 heterocycles. The summed E-state index contributed by atoms with van der Waals surface area (Å²) in [4.78, 5) is 35.8. The number of aryl methyl sites for hydroxylation is 1. The molecular weight excluding hydrogens is 458 g/mol. The fourth-order valence-electron chi connectivity index (χ4n) is 4.76. The van der Waals surface area contributed by atoms with Gasteiger partial charge in [-0.05, 0) is 68.4 Å². The summed E-state index contributed by atoms with van der Waals surface area (Å²) in [6.07, 6.45) is 5.25. The van der Waals surface area contributed by atoms with Crippen molar-refractivity contribution in [2.75, 3.05) is 36.4 Å². The molecule has 7 nitrogen and oxygen atoms in total. The first kappa shape index (κ1) is 22.1. The maximum absolute atomic E-state index is 13.4. The summed E-state index contributed by atoms with van der Waals surface area (Å²) in [5, 5.41) is 4.61. The average Bonchev–Trinajstić information content (AvgIpc) is 3.50. The lowest BCUT2D eigenvalue weighted by atomic mass is 9.94. The molecule has 9 heteroatoms. The number of benzene rings is 1. The lowest BCUT2D eigenvalue weighted by Crippen LogP contribution is -2.39. The van der Waals surface area contributed by atoms with E-state index in [1.807, 2.05) is 24.0 Å². The van der Waals surface area contributed by atoms with E-state index >= 15 is 0 Å². The Bertz CT molecular complexity index is 1180. The highest BCUT2D eigenvalue weighted by Crippen LogP contribution is 2.37. The van der Waals surface area contributed by atoms with Crippen LogP contribution in [0.25, 0.3) is 10.2 Å². The Labute approximate surface area is 201 Å². The molecule has 0 unspecified atom stereocenters. The highest BCUT2D eigenvalue weighted by molar-refractivity contribution is 7.13. The van der Waals surface area contributed by atoms with E-state index in [4.69, 9.17) is 11.6 Å². The number of nitrogens with zero attached hydrogens (tertiary/aromatic N) is 4. The van der Waals surface area contributed by atoms with Crippen LogP contribution in [0.2, 0.25) is 5.02 Å². The molecule has 172 valence electrons. The van der Waals surface area contributed by atoms with E-state index < -0.39 is 0 Å². The highest BCUT2D eigenvalue weighted by atomic mass is 35.5. The van der Waals surface area contributed by atoms with E-state index in [-0.39, 0.29) is 17.7 Å². The standard InChI is InChI=1S/C24H26ClN5O2S/c1-15-20-21(19(14-26-23(20)33-28-15)24(32)30-10-2-3-11-30)29-12-8-16(9-13-29)22(31)27-18-6-4-17(25)5-7-18/h4-7,14,16H,2-3,8-13H2,1H3,(H,27,31). The quantitative estimate of drug-likeness (QED) is 0.579. The number of amides is 2. The van der Waals surface area contributed by atoms with Crippen molar-refractivity contribution in [2.45, 2.75) is 32.6 Å². The number of likely N-dealkylation sites (tertiary alicyclic amines) is 1. The zero-order valence-corrected chi connectivity index (χ0v) is 20.1. The monoisotopic (exact) mass is 483 g/mol. The smallest absolute Gasteiger partial charge is 0.257 e. The zero-order chi connectivity index (χ0) is 22.9. The molecule has 0 spiro atoms. The van der Waals surface area contributed by atoms with Crippen LogP contribution in [0.1, 0.15) is 41.7 Å². The molecule has 3 aromatic rings. The molecule has 0 saturated carbocycles. The van der Waals surface area contributed by atoms with Crippen LogP contribution >= 0.6 is 23.1 Å². The van der Waals surface area contributed by atoms with Gasteiger partial charge in [-0.2, -0.15) is 4.37 Å². The molecule has 2 aliphatic heterocycles. The van der Waals surface area contributed by atoms with Crippen molar-refractivity contribution in [3.63, 3.8) is 0 Å². The number of carbonyl (C=O) groups excluding carboxylic acids is 2. The minimum atomic E-state index is -0.0753. The van der Waals surface area contributed by atoms with E-state index in [0.717, 1.165) is 66.1 Å². The molecule has 5 rings (SSSR count). The lowest BCUT2D eigenvalue weighted by molar-refractivity contribution is -0.120.